The maximum absolute atomic E-state index is 12.2. The molecule has 0 amide bonds. The van der Waals surface area contributed by atoms with Gasteiger partial charge in [-0.1, -0.05) is 12.1 Å². The average Bonchev–Trinajstić information content (AvgIpc) is 2.81. The lowest BCUT2D eigenvalue weighted by molar-refractivity contribution is -0.302. The highest BCUT2D eigenvalue weighted by Gasteiger charge is 2.46. The zero-order valence-electron chi connectivity index (χ0n) is 17.9. The number of phenolic OH excluding ortho intramolecular Hbond substituents is 4. The molecule has 11 heteroatoms. The van der Waals surface area contributed by atoms with Gasteiger partial charge in [0.15, 0.2) is 35.4 Å². The minimum atomic E-state index is -1.62. The second-order valence-electron chi connectivity index (χ2n) is 7.63. The molecule has 0 aromatic heterocycles. The summed E-state index contributed by atoms with van der Waals surface area (Å²) in [4.78, 5) is 12.2. The van der Waals surface area contributed by atoms with Crippen LogP contribution in [-0.2, 0) is 25.4 Å². The molecule has 1 aliphatic rings. The number of aliphatic hydroxyl groups excluding tert-OH is 3. The minimum absolute atomic E-state index is 0.0173. The molecular formula is C23H26O11. The second kappa shape index (κ2) is 11.2. The van der Waals surface area contributed by atoms with Crippen molar-refractivity contribution in [3.8, 4) is 23.0 Å². The van der Waals surface area contributed by atoms with Crippen molar-refractivity contribution >= 4 is 12.0 Å². The van der Waals surface area contributed by atoms with Crippen LogP contribution in [0.1, 0.15) is 11.1 Å². The molecule has 2 aromatic rings. The molecule has 1 heterocycles. The van der Waals surface area contributed by atoms with E-state index in [0.29, 0.717) is 11.1 Å². The predicted octanol–water partition coefficient (Wildman–Crippen LogP) is 0.132. The van der Waals surface area contributed by atoms with Crippen LogP contribution in [0.25, 0.3) is 6.08 Å². The molecule has 3 rings (SSSR count). The number of hydrogen-bond donors (Lipinski definition) is 7. The van der Waals surface area contributed by atoms with Crippen LogP contribution in [0.5, 0.6) is 23.0 Å². The van der Waals surface area contributed by atoms with Crippen molar-refractivity contribution in [1.82, 2.24) is 0 Å². The Hall–Kier alpha value is -3.35. The molecule has 0 aliphatic carbocycles. The van der Waals surface area contributed by atoms with Gasteiger partial charge in [-0.05, 0) is 47.9 Å². The van der Waals surface area contributed by atoms with E-state index in [-0.39, 0.29) is 36.0 Å². The van der Waals surface area contributed by atoms with E-state index >= 15 is 0 Å². The third-order valence-corrected chi connectivity index (χ3v) is 5.20. The van der Waals surface area contributed by atoms with Crippen molar-refractivity contribution in [2.75, 3.05) is 13.2 Å². The highest BCUT2D eigenvalue weighted by atomic mass is 16.7. The number of esters is 1. The summed E-state index contributed by atoms with van der Waals surface area (Å²) in [5, 5.41) is 68.1. The van der Waals surface area contributed by atoms with Crippen molar-refractivity contribution in [3.63, 3.8) is 0 Å². The Kier molecular flexibility index (Phi) is 8.31. The SMILES string of the molecule is O=C(C=Cc1ccc(O)c(O)c1)O[C@H]1[C@@H](O)[C@@H](O)[C@@H](OCCc2ccc(O)c(O)c2)O[C@@H]1CO. The number of benzene rings is 2. The van der Waals surface area contributed by atoms with Crippen LogP contribution in [0.4, 0.5) is 0 Å². The highest BCUT2D eigenvalue weighted by Crippen LogP contribution is 2.28. The van der Waals surface area contributed by atoms with Gasteiger partial charge in [0.25, 0.3) is 0 Å². The zero-order chi connectivity index (χ0) is 24.8. The van der Waals surface area contributed by atoms with Gasteiger partial charge in [-0.15, -0.1) is 0 Å². The van der Waals surface area contributed by atoms with E-state index < -0.39 is 43.3 Å². The average molecular weight is 478 g/mol. The van der Waals surface area contributed by atoms with Crippen LogP contribution >= 0.6 is 0 Å². The molecule has 5 atom stereocenters. The highest BCUT2D eigenvalue weighted by molar-refractivity contribution is 5.87. The lowest BCUT2D eigenvalue weighted by atomic mass is 9.99. The largest absolute Gasteiger partial charge is 0.504 e. The molecule has 1 fully saturated rings. The first-order chi connectivity index (χ1) is 16.2. The maximum atomic E-state index is 12.2. The molecule has 0 spiro atoms. The van der Waals surface area contributed by atoms with Crippen LogP contribution in [-0.4, -0.2) is 85.6 Å². The van der Waals surface area contributed by atoms with Gasteiger partial charge in [0.1, 0.15) is 18.3 Å². The molecule has 0 unspecified atom stereocenters. The van der Waals surface area contributed by atoms with E-state index in [4.69, 9.17) is 14.2 Å². The summed E-state index contributed by atoms with van der Waals surface area (Å²) >= 11 is 0. The summed E-state index contributed by atoms with van der Waals surface area (Å²) in [6, 6.07) is 8.15. The fourth-order valence-corrected chi connectivity index (χ4v) is 3.34. The van der Waals surface area contributed by atoms with E-state index in [2.05, 4.69) is 0 Å². The predicted molar refractivity (Wildman–Crippen MR) is 116 cm³/mol. The van der Waals surface area contributed by atoms with Crippen molar-refractivity contribution < 1.29 is 54.8 Å². The van der Waals surface area contributed by atoms with E-state index in [0.717, 1.165) is 6.08 Å². The zero-order valence-corrected chi connectivity index (χ0v) is 17.9. The standard InChI is InChI=1S/C23H26O11/c24-11-18-22(34-19(29)6-3-12-1-4-14(25)16(27)9-12)20(30)21(31)23(33-18)32-8-7-13-2-5-15(26)17(28)10-13/h1-6,9-10,18,20-28,30-31H,7-8,11H2/t18-,20+,21-,22-,23+/m1/s1. The number of phenols is 4. The number of aliphatic hydroxyl groups is 3. The van der Waals surface area contributed by atoms with Crippen LogP contribution in [0, 0.1) is 0 Å². The van der Waals surface area contributed by atoms with Gasteiger partial charge in [0, 0.05) is 6.08 Å². The van der Waals surface area contributed by atoms with Gasteiger partial charge < -0.3 is 50.0 Å². The molecule has 11 nitrogen and oxygen atoms in total. The smallest absolute Gasteiger partial charge is 0.331 e. The summed E-state index contributed by atoms with van der Waals surface area (Å²) in [6.45, 7) is -0.619. The molecule has 1 aliphatic heterocycles. The summed E-state index contributed by atoms with van der Waals surface area (Å²) in [5.74, 6) is -2.15. The van der Waals surface area contributed by atoms with Gasteiger partial charge in [-0.25, -0.2) is 4.79 Å². The van der Waals surface area contributed by atoms with E-state index in [1.54, 1.807) is 6.07 Å². The Labute approximate surface area is 194 Å². The van der Waals surface area contributed by atoms with Gasteiger partial charge in [-0.2, -0.15) is 0 Å². The molecule has 2 aromatic carbocycles. The van der Waals surface area contributed by atoms with Gasteiger partial charge in [-0.3, -0.25) is 0 Å². The summed E-state index contributed by atoms with van der Waals surface area (Å²) in [5.41, 5.74) is 1.03. The van der Waals surface area contributed by atoms with Crippen molar-refractivity contribution in [1.29, 1.82) is 0 Å². The van der Waals surface area contributed by atoms with Crippen molar-refractivity contribution in [2.24, 2.45) is 0 Å². The third-order valence-electron chi connectivity index (χ3n) is 5.20. The Morgan fingerprint density at radius 3 is 2.26 bits per heavy atom. The summed E-state index contributed by atoms with van der Waals surface area (Å²) < 4.78 is 16.1. The Balaban J connectivity index is 1.56. The molecule has 34 heavy (non-hydrogen) atoms. The van der Waals surface area contributed by atoms with E-state index in [1.165, 1.54) is 36.4 Å². The first kappa shape index (κ1) is 25.3. The summed E-state index contributed by atoms with van der Waals surface area (Å²) in [7, 11) is 0. The molecular weight excluding hydrogens is 452 g/mol. The molecule has 0 saturated carbocycles. The fraction of sp³-hybridized carbons (Fsp3) is 0.348. The minimum Gasteiger partial charge on any atom is -0.504 e. The van der Waals surface area contributed by atoms with Crippen LogP contribution in [0.3, 0.4) is 0 Å². The van der Waals surface area contributed by atoms with Crippen LogP contribution < -0.4 is 0 Å². The number of aromatic hydroxyl groups is 4. The number of carbonyl (C=O) groups is 1. The molecule has 7 N–H and O–H groups in total. The first-order valence-electron chi connectivity index (χ1n) is 10.3. The lowest BCUT2D eigenvalue weighted by Crippen LogP contribution is -2.60. The van der Waals surface area contributed by atoms with Gasteiger partial charge in [0.05, 0.1) is 13.2 Å². The number of ether oxygens (including phenoxy) is 3. The normalized spacial score (nSPS) is 24.9. The Morgan fingerprint density at radius 1 is 0.941 bits per heavy atom. The van der Waals surface area contributed by atoms with Crippen molar-refractivity contribution in [3.05, 3.63) is 53.6 Å². The quantitative estimate of drug-likeness (QED) is 0.155. The number of carbonyl (C=O) groups excluding carboxylic acids is 1. The fourth-order valence-electron chi connectivity index (χ4n) is 3.34. The topological polar surface area (TPSA) is 186 Å². The van der Waals surface area contributed by atoms with Crippen LogP contribution in [0.2, 0.25) is 0 Å². The van der Waals surface area contributed by atoms with Gasteiger partial charge >= 0.3 is 5.97 Å². The molecule has 1 saturated heterocycles. The van der Waals surface area contributed by atoms with E-state index in [9.17, 15) is 40.5 Å². The van der Waals surface area contributed by atoms with Gasteiger partial charge in [0.2, 0.25) is 0 Å². The maximum Gasteiger partial charge on any atom is 0.331 e. The van der Waals surface area contributed by atoms with E-state index in [1.807, 2.05) is 0 Å². The molecule has 0 bridgehead atoms. The summed E-state index contributed by atoms with van der Waals surface area (Å²) in [6.07, 6.45) is -4.50. The second-order valence-corrected chi connectivity index (χ2v) is 7.63. The third kappa shape index (κ3) is 6.16. The van der Waals surface area contributed by atoms with Crippen molar-refractivity contribution in [2.45, 2.75) is 37.1 Å². The lowest BCUT2D eigenvalue weighted by Gasteiger charge is -2.41. The molecule has 0 radical (unpaired) electrons. The monoisotopic (exact) mass is 478 g/mol. The van der Waals surface area contributed by atoms with Crippen LogP contribution in [0.15, 0.2) is 42.5 Å². The Bertz CT molecular complexity index is 1020. The Morgan fingerprint density at radius 2 is 1.62 bits per heavy atom. The first-order valence-corrected chi connectivity index (χ1v) is 10.3. The number of hydrogen-bond acceptors (Lipinski definition) is 11. The molecule has 184 valence electrons. The number of rotatable bonds is 8.